The molecule has 2 heterocycles. The number of hydrogen-bond acceptors (Lipinski definition) is 5. The summed E-state index contributed by atoms with van der Waals surface area (Å²) >= 11 is 0. The molecular formula is C22H30N4O4. The van der Waals surface area contributed by atoms with Crippen LogP contribution in [0.1, 0.15) is 32.6 Å². The molecule has 3 fully saturated rings. The quantitative estimate of drug-likeness (QED) is 0.761. The number of ether oxygens (including phenoxy) is 1. The molecule has 3 aliphatic rings. The summed E-state index contributed by atoms with van der Waals surface area (Å²) in [5.74, 6) is 0.483. The third kappa shape index (κ3) is 3.59. The Hall–Kier alpha value is -2.77. The topological polar surface area (TPSA) is 82.2 Å². The summed E-state index contributed by atoms with van der Waals surface area (Å²) in [5.41, 5.74) is 0.240. The number of urea groups is 1. The highest BCUT2D eigenvalue weighted by atomic mass is 16.5. The number of amides is 4. The number of nitrogens with zero attached hydrogens (tertiary/aromatic N) is 3. The Kier molecular flexibility index (Phi) is 5.58. The van der Waals surface area contributed by atoms with Crippen LogP contribution < -0.4 is 15.0 Å². The van der Waals surface area contributed by atoms with Crippen LogP contribution in [0.15, 0.2) is 24.3 Å². The van der Waals surface area contributed by atoms with Crippen molar-refractivity contribution in [1.82, 2.24) is 15.1 Å². The molecule has 4 rings (SSSR count). The molecule has 1 aromatic carbocycles. The summed E-state index contributed by atoms with van der Waals surface area (Å²) in [5, 5.41) is 2.91. The fourth-order valence-electron chi connectivity index (χ4n) is 4.90. The lowest BCUT2D eigenvalue weighted by Crippen LogP contribution is -2.55. The van der Waals surface area contributed by atoms with E-state index in [2.05, 4.69) is 10.2 Å². The highest BCUT2D eigenvalue weighted by molar-refractivity contribution is 6.09. The van der Waals surface area contributed by atoms with Gasteiger partial charge < -0.3 is 19.9 Å². The molecule has 0 radical (unpaired) electrons. The Morgan fingerprint density at radius 2 is 1.97 bits per heavy atom. The minimum atomic E-state index is -0.819. The van der Waals surface area contributed by atoms with Gasteiger partial charge in [0.25, 0.3) is 5.91 Å². The molecule has 1 saturated carbocycles. The molecule has 30 heavy (non-hydrogen) atoms. The summed E-state index contributed by atoms with van der Waals surface area (Å²) < 4.78 is 5.29. The first-order chi connectivity index (χ1) is 14.4. The van der Waals surface area contributed by atoms with Crippen LogP contribution in [0.2, 0.25) is 0 Å². The van der Waals surface area contributed by atoms with E-state index < -0.39 is 11.6 Å². The summed E-state index contributed by atoms with van der Waals surface area (Å²) in [6.07, 6.45) is 3.57. The van der Waals surface area contributed by atoms with E-state index in [-0.39, 0.29) is 24.3 Å². The first-order valence-electron chi connectivity index (χ1n) is 10.8. The number of imide groups is 1. The largest absolute Gasteiger partial charge is 0.497 e. The van der Waals surface area contributed by atoms with Crippen molar-refractivity contribution in [3.05, 3.63) is 24.3 Å². The highest BCUT2D eigenvalue weighted by Crippen LogP contribution is 2.38. The molecule has 2 saturated heterocycles. The van der Waals surface area contributed by atoms with E-state index in [1.165, 1.54) is 0 Å². The number of methoxy groups -OCH3 is 1. The standard InChI is InChI=1S/C22H30N4O4/c1-16-6-3-4-9-22(16)20(28)26(21(29)23-22)15-19(27)25-12-10-24(11-13-25)17-7-5-8-18(14-17)30-2/h5,7-8,14,16H,3-4,6,9-13,15H2,1-2H3,(H,23,29)/t16-,22+/m0/s1. The Labute approximate surface area is 177 Å². The number of anilines is 1. The average Bonchev–Trinajstić information content (AvgIpc) is 3.01. The Morgan fingerprint density at radius 3 is 2.67 bits per heavy atom. The van der Waals surface area contributed by atoms with Gasteiger partial charge in [-0.2, -0.15) is 0 Å². The lowest BCUT2D eigenvalue weighted by atomic mass is 9.73. The lowest BCUT2D eigenvalue weighted by Gasteiger charge is -2.37. The summed E-state index contributed by atoms with van der Waals surface area (Å²) in [4.78, 5) is 43.5. The lowest BCUT2D eigenvalue weighted by molar-refractivity contribution is -0.140. The zero-order valence-corrected chi connectivity index (χ0v) is 17.7. The molecule has 0 unspecified atom stereocenters. The molecule has 0 bridgehead atoms. The van der Waals surface area contributed by atoms with Crippen molar-refractivity contribution in [1.29, 1.82) is 0 Å². The molecular weight excluding hydrogens is 384 g/mol. The number of carbonyl (C=O) groups excluding carboxylic acids is 3. The number of piperazine rings is 1. The number of carbonyl (C=O) groups is 3. The molecule has 2 aliphatic heterocycles. The normalized spacial score (nSPS) is 26.9. The number of hydrogen-bond donors (Lipinski definition) is 1. The van der Waals surface area contributed by atoms with Gasteiger partial charge in [0, 0.05) is 37.9 Å². The van der Waals surface area contributed by atoms with E-state index in [1.54, 1.807) is 12.0 Å². The molecule has 4 amide bonds. The molecule has 1 N–H and O–H groups in total. The molecule has 8 heteroatoms. The van der Waals surface area contributed by atoms with Crippen molar-refractivity contribution < 1.29 is 19.1 Å². The highest BCUT2D eigenvalue weighted by Gasteiger charge is 2.55. The Morgan fingerprint density at radius 1 is 1.20 bits per heavy atom. The minimum absolute atomic E-state index is 0.0919. The summed E-state index contributed by atoms with van der Waals surface area (Å²) in [7, 11) is 1.64. The van der Waals surface area contributed by atoms with Crippen molar-refractivity contribution >= 4 is 23.5 Å². The third-order valence-corrected chi connectivity index (χ3v) is 6.85. The maximum Gasteiger partial charge on any atom is 0.325 e. The van der Waals surface area contributed by atoms with E-state index in [4.69, 9.17) is 4.74 Å². The van der Waals surface area contributed by atoms with E-state index in [0.717, 1.165) is 35.6 Å². The molecule has 162 valence electrons. The van der Waals surface area contributed by atoms with Crippen LogP contribution in [0.25, 0.3) is 0 Å². The van der Waals surface area contributed by atoms with E-state index in [1.807, 2.05) is 31.2 Å². The van der Waals surface area contributed by atoms with Gasteiger partial charge in [-0.25, -0.2) is 4.79 Å². The number of nitrogens with one attached hydrogen (secondary N) is 1. The first-order valence-corrected chi connectivity index (χ1v) is 10.8. The van der Waals surface area contributed by atoms with E-state index in [9.17, 15) is 14.4 Å². The maximum atomic E-state index is 13.1. The van der Waals surface area contributed by atoms with Gasteiger partial charge in [0.2, 0.25) is 5.91 Å². The second kappa shape index (κ2) is 8.16. The van der Waals surface area contributed by atoms with Gasteiger partial charge in [-0.05, 0) is 30.9 Å². The predicted octanol–water partition coefficient (Wildman–Crippen LogP) is 1.84. The SMILES string of the molecule is COc1cccc(N2CCN(C(=O)CN3C(=O)N[C@@]4(CCCC[C@@H]4C)C3=O)CC2)c1. The van der Waals surface area contributed by atoms with Gasteiger partial charge in [-0.1, -0.05) is 25.8 Å². The van der Waals surface area contributed by atoms with Crippen molar-refractivity contribution in [3.8, 4) is 5.75 Å². The molecule has 0 aromatic heterocycles. The van der Waals surface area contributed by atoms with Gasteiger partial charge in [-0.3, -0.25) is 14.5 Å². The average molecular weight is 415 g/mol. The molecule has 1 aromatic rings. The van der Waals surface area contributed by atoms with Crippen molar-refractivity contribution in [2.45, 2.75) is 38.1 Å². The first kappa shape index (κ1) is 20.5. The Balaban J connectivity index is 1.36. The van der Waals surface area contributed by atoms with Crippen LogP contribution in [0.3, 0.4) is 0 Å². The fourth-order valence-corrected chi connectivity index (χ4v) is 4.90. The van der Waals surface area contributed by atoms with Gasteiger partial charge in [-0.15, -0.1) is 0 Å². The molecule has 1 spiro atoms. The van der Waals surface area contributed by atoms with Crippen molar-refractivity contribution in [3.63, 3.8) is 0 Å². The summed E-state index contributed by atoms with van der Waals surface area (Å²) in [6.45, 7) is 4.33. The molecule has 8 nitrogen and oxygen atoms in total. The van der Waals surface area contributed by atoms with Gasteiger partial charge in [0.1, 0.15) is 17.8 Å². The van der Waals surface area contributed by atoms with Crippen molar-refractivity contribution in [2.24, 2.45) is 5.92 Å². The smallest absolute Gasteiger partial charge is 0.325 e. The van der Waals surface area contributed by atoms with Crippen LogP contribution >= 0.6 is 0 Å². The van der Waals surface area contributed by atoms with Crippen molar-refractivity contribution in [2.75, 3.05) is 44.7 Å². The number of benzene rings is 1. The van der Waals surface area contributed by atoms with Crippen LogP contribution in [-0.2, 0) is 9.59 Å². The second-order valence-corrected chi connectivity index (χ2v) is 8.51. The van der Waals surface area contributed by atoms with Gasteiger partial charge in [0.15, 0.2) is 0 Å². The van der Waals surface area contributed by atoms with E-state index in [0.29, 0.717) is 32.6 Å². The predicted molar refractivity (Wildman–Crippen MR) is 112 cm³/mol. The fraction of sp³-hybridized carbons (Fsp3) is 0.591. The molecule has 2 atom stereocenters. The van der Waals surface area contributed by atoms with Crippen LogP contribution in [-0.4, -0.2) is 73.0 Å². The maximum absolute atomic E-state index is 13.1. The Bertz CT molecular complexity index is 836. The molecule has 1 aliphatic carbocycles. The summed E-state index contributed by atoms with van der Waals surface area (Å²) in [6, 6.07) is 7.43. The van der Waals surface area contributed by atoms with Crippen LogP contribution in [0.4, 0.5) is 10.5 Å². The van der Waals surface area contributed by atoms with Crippen LogP contribution in [0.5, 0.6) is 5.75 Å². The second-order valence-electron chi connectivity index (χ2n) is 8.51. The van der Waals surface area contributed by atoms with Crippen LogP contribution in [0, 0.1) is 5.92 Å². The monoisotopic (exact) mass is 414 g/mol. The van der Waals surface area contributed by atoms with Gasteiger partial charge in [0.05, 0.1) is 7.11 Å². The zero-order chi connectivity index (χ0) is 21.3. The number of rotatable bonds is 4. The van der Waals surface area contributed by atoms with E-state index >= 15 is 0 Å². The van der Waals surface area contributed by atoms with Gasteiger partial charge >= 0.3 is 6.03 Å². The zero-order valence-electron chi connectivity index (χ0n) is 17.7. The third-order valence-electron chi connectivity index (χ3n) is 6.85. The minimum Gasteiger partial charge on any atom is -0.497 e.